The second kappa shape index (κ2) is 3.07. The minimum atomic E-state index is -1.25. The van der Waals surface area contributed by atoms with Crippen molar-refractivity contribution in [2.45, 2.75) is 0 Å². The van der Waals surface area contributed by atoms with Gasteiger partial charge in [0, 0.05) is 6.07 Å². The minimum absolute atomic E-state index is 0.0555. The average Bonchev–Trinajstić information content (AvgIpc) is 2.47. The molecule has 0 spiro atoms. The molecule has 6 nitrogen and oxygen atoms in total. The average molecular weight is 233 g/mol. The van der Waals surface area contributed by atoms with Crippen molar-refractivity contribution in [3.8, 4) is 0 Å². The van der Waals surface area contributed by atoms with Crippen molar-refractivity contribution in [2.24, 2.45) is 0 Å². The zero-order chi connectivity index (χ0) is 10.3. The van der Waals surface area contributed by atoms with Crippen LogP contribution >= 0.6 is 23.2 Å². The number of fused-ring (bicyclic) bond motifs is 1. The van der Waals surface area contributed by atoms with Gasteiger partial charge in [0.2, 0.25) is 0 Å². The third-order valence-electron chi connectivity index (χ3n) is 1.43. The van der Waals surface area contributed by atoms with E-state index in [-0.39, 0.29) is 21.9 Å². The van der Waals surface area contributed by atoms with E-state index in [9.17, 15) is 4.79 Å². The van der Waals surface area contributed by atoms with Gasteiger partial charge in [0.15, 0.2) is 0 Å². The van der Waals surface area contributed by atoms with Crippen molar-refractivity contribution < 1.29 is 9.90 Å². The van der Waals surface area contributed by atoms with Crippen molar-refractivity contribution in [2.75, 3.05) is 0 Å². The van der Waals surface area contributed by atoms with E-state index in [1.165, 1.54) is 6.07 Å². The smallest absolute Gasteiger partial charge is 0.375 e. The molecule has 0 aromatic carbocycles. The van der Waals surface area contributed by atoms with Gasteiger partial charge >= 0.3 is 5.97 Å². The van der Waals surface area contributed by atoms with Gasteiger partial charge in [-0.15, -0.1) is 5.10 Å². The van der Waals surface area contributed by atoms with Crippen molar-refractivity contribution in [3.05, 3.63) is 22.2 Å². The van der Waals surface area contributed by atoms with Gasteiger partial charge in [-0.25, -0.2) is 4.79 Å². The largest absolute Gasteiger partial charge is 0.475 e. The number of rotatable bonds is 1. The second-order valence-corrected chi connectivity index (χ2v) is 3.13. The van der Waals surface area contributed by atoms with Crippen LogP contribution in [-0.4, -0.2) is 30.7 Å². The quantitative estimate of drug-likeness (QED) is 0.746. The first-order valence-electron chi connectivity index (χ1n) is 3.40. The first kappa shape index (κ1) is 9.17. The summed E-state index contributed by atoms with van der Waals surface area (Å²) in [6.07, 6.45) is 0. The molecule has 2 rings (SSSR count). The van der Waals surface area contributed by atoms with E-state index < -0.39 is 5.97 Å². The molecule has 72 valence electrons. The number of nitrogens with zero attached hydrogens (tertiary/aromatic N) is 4. The van der Waals surface area contributed by atoms with Crippen molar-refractivity contribution in [1.29, 1.82) is 0 Å². The van der Waals surface area contributed by atoms with Gasteiger partial charge in [0.1, 0.15) is 10.3 Å². The van der Waals surface area contributed by atoms with Crippen LogP contribution in [0.25, 0.3) is 5.78 Å². The highest BCUT2D eigenvalue weighted by atomic mass is 35.5. The molecule has 14 heavy (non-hydrogen) atoms. The maximum absolute atomic E-state index is 10.5. The number of carbonyl (C=O) groups is 1. The minimum Gasteiger partial charge on any atom is -0.475 e. The van der Waals surface area contributed by atoms with Gasteiger partial charge in [0.25, 0.3) is 11.6 Å². The monoisotopic (exact) mass is 232 g/mol. The lowest BCUT2D eigenvalue weighted by Gasteiger charge is -1.93. The maximum atomic E-state index is 10.5. The first-order chi connectivity index (χ1) is 6.58. The molecule has 0 unspecified atom stereocenters. The summed E-state index contributed by atoms with van der Waals surface area (Å²) >= 11 is 11.3. The van der Waals surface area contributed by atoms with Gasteiger partial charge in [-0.3, -0.25) is 0 Å². The number of aromatic nitrogens is 4. The Balaban J connectivity index is 2.76. The SMILES string of the molecule is O=C(O)c1nc2nc(Cl)cc(Cl)n2n1. The highest BCUT2D eigenvalue weighted by molar-refractivity contribution is 6.33. The highest BCUT2D eigenvalue weighted by Gasteiger charge is 2.13. The van der Waals surface area contributed by atoms with Crippen LogP contribution < -0.4 is 0 Å². The summed E-state index contributed by atoms with van der Waals surface area (Å²) in [7, 11) is 0. The van der Waals surface area contributed by atoms with E-state index in [4.69, 9.17) is 28.3 Å². The normalized spacial score (nSPS) is 10.7. The van der Waals surface area contributed by atoms with E-state index in [1.807, 2.05) is 0 Å². The van der Waals surface area contributed by atoms with Gasteiger partial charge in [-0.2, -0.15) is 14.5 Å². The van der Waals surface area contributed by atoms with Crippen LogP contribution in [0.1, 0.15) is 10.6 Å². The molecule has 2 heterocycles. The second-order valence-electron chi connectivity index (χ2n) is 2.35. The Labute approximate surface area is 87.1 Å². The molecule has 0 aliphatic heterocycles. The molecule has 0 amide bonds. The Morgan fingerprint density at radius 2 is 2.14 bits per heavy atom. The van der Waals surface area contributed by atoms with Gasteiger partial charge in [-0.05, 0) is 0 Å². The number of aromatic carboxylic acids is 1. The molecule has 2 aromatic rings. The Morgan fingerprint density at radius 3 is 2.79 bits per heavy atom. The molecule has 0 saturated carbocycles. The summed E-state index contributed by atoms with van der Waals surface area (Å²) in [6.45, 7) is 0. The molecule has 0 bridgehead atoms. The lowest BCUT2D eigenvalue weighted by atomic mass is 10.6. The molecular formula is C6H2Cl2N4O2. The third kappa shape index (κ3) is 1.38. The van der Waals surface area contributed by atoms with Crippen LogP contribution in [0.3, 0.4) is 0 Å². The number of hydrogen-bond donors (Lipinski definition) is 1. The topological polar surface area (TPSA) is 80.4 Å². The van der Waals surface area contributed by atoms with Crippen LogP contribution in [0.4, 0.5) is 0 Å². The Morgan fingerprint density at radius 1 is 1.43 bits per heavy atom. The summed E-state index contributed by atoms with van der Waals surface area (Å²) in [5, 5.41) is 12.5. The fourth-order valence-corrected chi connectivity index (χ4v) is 1.35. The molecule has 0 atom stereocenters. The molecule has 1 N–H and O–H groups in total. The van der Waals surface area contributed by atoms with E-state index >= 15 is 0 Å². The fourth-order valence-electron chi connectivity index (χ4n) is 0.897. The first-order valence-corrected chi connectivity index (χ1v) is 4.15. The number of carboxylic acid groups (broad SMARTS) is 1. The summed E-state index contributed by atoms with van der Waals surface area (Å²) in [6, 6.07) is 1.34. The van der Waals surface area contributed by atoms with E-state index in [1.54, 1.807) is 0 Å². The Hall–Kier alpha value is -1.40. The van der Waals surface area contributed by atoms with Crippen molar-refractivity contribution in [3.63, 3.8) is 0 Å². The lowest BCUT2D eigenvalue weighted by molar-refractivity contribution is 0.0684. The van der Waals surface area contributed by atoms with Gasteiger partial charge in [-0.1, -0.05) is 23.2 Å². The van der Waals surface area contributed by atoms with Gasteiger partial charge in [0.05, 0.1) is 0 Å². The highest BCUT2D eigenvalue weighted by Crippen LogP contribution is 2.14. The summed E-state index contributed by atoms with van der Waals surface area (Å²) in [4.78, 5) is 17.9. The Kier molecular flexibility index (Phi) is 2.01. The number of halogens is 2. The predicted octanol–water partition coefficient (Wildman–Crippen LogP) is 1.13. The van der Waals surface area contributed by atoms with Gasteiger partial charge < -0.3 is 5.11 Å². The number of carboxylic acids is 1. The van der Waals surface area contributed by atoms with Crippen LogP contribution in [0, 0.1) is 0 Å². The van der Waals surface area contributed by atoms with E-state index in [0.29, 0.717) is 0 Å². The van der Waals surface area contributed by atoms with Crippen LogP contribution in [0.2, 0.25) is 10.3 Å². The van der Waals surface area contributed by atoms with Crippen LogP contribution in [0.15, 0.2) is 6.07 Å². The fraction of sp³-hybridized carbons (Fsp3) is 0. The number of hydrogen-bond acceptors (Lipinski definition) is 4. The maximum Gasteiger partial charge on any atom is 0.375 e. The van der Waals surface area contributed by atoms with Crippen molar-refractivity contribution in [1.82, 2.24) is 19.6 Å². The summed E-state index contributed by atoms with van der Waals surface area (Å²) < 4.78 is 1.09. The molecule has 8 heteroatoms. The molecule has 0 aliphatic carbocycles. The molecule has 0 fully saturated rings. The van der Waals surface area contributed by atoms with E-state index in [0.717, 1.165) is 4.52 Å². The molecular weight excluding hydrogens is 231 g/mol. The molecule has 2 aromatic heterocycles. The summed E-state index contributed by atoms with van der Waals surface area (Å²) in [5.41, 5.74) is 0. The van der Waals surface area contributed by atoms with Crippen LogP contribution in [0.5, 0.6) is 0 Å². The molecule has 0 radical (unpaired) electrons. The van der Waals surface area contributed by atoms with Crippen molar-refractivity contribution >= 4 is 34.9 Å². The predicted molar refractivity (Wildman–Crippen MR) is 47.8 cm³/mol. The standard InChI is InChI=1S/C6H2Cl2N4O2/c7-2-1-3(8)12-6(9-2)10-4(11-12)5(13)14/h1H,(H,13,14). The lowest BCUT2D eigenvalue weighted by Crippen LogP contribution is -1.99. The van der Waals surface area contributed by atoms with Crippen LogP contribution in [-0.2, 0) is 0 Å². The summed E-state index contributed by atoms with van der Waals surface area (Å²) in [5.74, 6) is -1.57. The molecule has 0 saturated heterocycles. The zero-order valence-electron chi connectivity index (χ0n) is 6.48. The molecule has 0 aliphatic rings. The van der Waals surface area contributed by atoms with E-state index in [2.05, 4.69) is 15.1 Å². The third-order valence-corrected chi connectivity index (χ3v) is 1.89. The Bertz CT molecular complexity index is 524. The zero-order valence-corrected chi connectivity index (χ0v) is 7.99.